The average molecular weight is 360 g/mol. The predicted molar refractivity (Wildman–Crippen MR) is 102 cm³/mol. The van der Waals surface area contributed by atoms with Gasteiger partial charge in [-0.15, -0.1) is 0 Å². The maximum Gasteiger partial charge on any atom is 0.0833 e. The first-order chi connectivity index (χ1) is 12.7. The van der Waals surface area contributed by atoms with Gasteiger partial charge in [0.05, 0.1) is 24.0 Å². The van der Waals surface area contributed by atoms with Gasteiger partial charge < -0.3 is 9.47 Å². The number of piperidine rings is 1. The Morgan fingerprint density at radius 3 is 2.73 bits per heavy atom. The fraction of sp³-hybridized carbons (Fsp3) is 0.762. The Labute approximate surface area is 157 Å². The highest BCUT2D eigenvalue weighted by atomic mass is 16.5. The molecule has 1 aromatic rings. The molecule has 1 unspecified atom stereocenters. The second-order valence-electron chi connectivity index (χ2n) is 8.36. The summed E-state index contributed by atoms with van der Waals surface area (Å²) in [6.07, 6.45) is 8.43. The number of nitrogens with zero attached hydrogens (tertiary/aromatic N) is 3. The predicted octanol–water partition coefficient (Wildman–Crippen LogP) is 2.63. The molecule has 1 spiro atoms. The van der Waals surface area contributed by atoms with Crippen molar-refractivity contribution in [2.75, 3.05) is 45.9 Å². The van der Waals surface area contributed by atoms with Crippen LogP contribution in [0.25, 0.3) is 0 Å². The minimum Gasteiger partial charge on any atom is -0.377 e. The van der Waals surface area contributed by atoms with Crippen LogP contribution in [0.15, 0.2) is 18.3 Å². The molecule has 144 valence electrons. The van der Waals surface area contributed by atoms with E-state index in [0.717, 1.165) is 65.3 Å². The number of aromatic nitrogens is 1. The molecule has 5 heteroatoms. The SMILES string of the molecule is Cc1ccc(CN2CCC3(CC2)CN(CC2CCCCO2)CCO3)nc1. The van der Waals surface area contributed by atoms with Gasteiger partial charge in [0.25, 0.3) is 0 Å². The molecule has 4 heterocycles. The third-order valence-corrected chi connectivity index (χ3v) is 6.19. The molecular formula is C21H33N3O2. The minimum absolute atomic E-state index is 0.0596. The van der Waals surface area contributed by atoms with Gasteiger partial charge >= 0.3 is 0 Å². The number of likely N-dealkylation sites (tertiary alicyclic amines) is 1. The van der Waals surface area contributed by atoms with E-state index in [1.54, 1.807) is 0 Å². The molecule has 0 amide bonds. The first-order valence-electron chi connectivity index (χ1n) is 10.3. The van der Waals surface area contributed by atoms with E-state index in [4.69, 9.17) is 9.47 Å². The quantitative estimate of drug-likeness (QED) is 0.826. The Kier molecular flexibility index (Phi) is 5.89. The number of aryl methyl sites for hydroxylation is 1. The van der Waals surface area contributed by atoms with Crippen molar-refractivity contribution in [1.29, 1.82) is 0 Å². The standard InChI is InChI=1S/C21H33N3O2/c1-18-5-6-19(22-14-18)15-23-9-7-21(8-10-23)17-24(11-13-26-21)16-20-4-2-3-12-25-20/h5-6,14,20H,2-4,7-13,15-17H2,1H3. The summed E-state index contributed by atoms with van der Waals surface area (Å²) in [6, 6.07) is 4.31. The van der Waals surface area contributed by atoms with Crippen molar-refractivity contribution in [2.45, 2.75) is 57.3 Å². The van der Waals surface area contributed by atoms with Gasteiger partial charge in [-0.2, -0.15) is 0 Å². The number of hydrogen-bond acceptors (Lipinski definition) is 5. The van der Waals surface area contributed by atoms with Crippen LogP contribution < -0.4 is 0 Å². The maximum absolute atomic E-state index is 6.32. The largest absolute Gasteiger partial charge is 0.377 e. The van der Waals surface area contributed by atoms with E-state index in [9.17, 15) is 0 Å². The van der Waals surface area contributed by atoms with E-state index in [0.29, 0.717) is 6.10 Å². The van der Waals surface area contributed by atoms with Gasteiger partial charge in [0.1, 0.15) is 0 Å². The molecule has 0 radical (unpaired) electrons. The summed E-state index contributed by atoms with van der Waals surface area (Å²) >= 11 is 0. The van der Waals surface area contributed by atoms with E-state index in [1.807, 2.05) is 6.20 Å². The maximum atomic E-state index is 6.32. The lowest BCUT2D eigenvalue weighted by molar-refractivity contribution is -0.144. The van der Waals surface area contributed by atoms with Crippen LogP contribution in [0.1, 0.15) is 43.4 Å². The van der Waals surface area contributed by atoms with Gasteiger partial charge in [-0.3, -0.25) is 14.8 Å². The molecule has 3 aliphatic rings. The van der Waals surface area contributed by atoms with E-state index in [1.165, 1.54) is 30.5 Å². The van der Waals surface area contributed by atoms with Crippen LogP contribution in [0, 0.1) is 6.92 Å². The van der Waals surface area contributed by atoms with Crippen LogP contribution in [0.3, 0.4) is 0 Å². The van der Waals surface area contributed by atoms with Crippen LogP contribution >= 0.6 is 0 Å². The molecule has 0 aromatic carbocycles. The smallest absolute Gasteiger partial charge is 0.0833 e. The molecule has 0 aliphatic carbocycles. The second-order valence-corrected chi connectivity index (χ2v) is 8.36. The molecule has 1 aromatic heterocycles. The van der Waals surface area contributed by atoms with Crippen LogP contribution in [0.5, 0.6) is 0 Å². The highest BCUT2D eigenvalue weighted by molar-refractivity contribution is 5.12. The van der Waals surface area contributed by atoms with Crippen LogP contribution in [0.4, 0.5) is 0 Å². The molecule has 3 saturated heterocycles. The summed E-state index contributed by atoms with van der Waals surface area (Å²) in [5.74, 6) is 0. The number of rotatable bonds is 4. The van der Waals surface area contributed by atoms with Crippen LogP contribution in [0.2, 0.25) is 0 Å². The summed E-state index contributed by atoms with van der Waals surface area (Å²) in [5.41, 5.74) is 2.46. The van der Waals surface area contributed by atoms with Gasteiger partial charge in [0, 0.05) is 52.1 Å². The highest BCUT2D eigenvalue weighted by Gasteiger charge is 2.40. The monoisotopic (exact) mass is 359 g/mol. The lowest BCUT2D eigenvalue weighted by atomic mass is 9.89. The van der Waals surface area contributed by atoms with Crippen molar-refractivity contribution < 1.29 is 9.47 Å². The molecule has 3 fully saturated rings. The first kappa shape index (κ1) is 18.4. The van der Waals surface area contributed by atoms with Crippen molar-refractivity contribution in [2.24, 2.45) is 0 Å². The second kappa shape index (κ2) is 8.34. The van der Waals surface area contributed by atoms with E-state index < -0.39 is 0 Å². The van der Waals surface area contributed by atoms with Gasteiger partial charge in [0.2, 0.25) is 0 Å². The fourth-order valence-electron chi connectivity index (χ4n) is 4.56. The molecule has 0 N–H and O–H groups in total. The van der Waals surface area contributed by atoms with Crippen molar-refractivity contribution in [3.63, 3.8) is 0 Å². The van der Waals surface area contributed by atoms with Crippen molar-refractivity contribution in [3.05, 3.63) is 29.6 Å². The zero-order valence-corrected chi connectivity index (χ0v) is 16.2. The number of ether oxygens (including phenoxy) is 2. The fourth-order valence-corrected chi connectivity index (χ4v) is 4.56. The lowest BCUT2D eigenvalue weighted by Crippen LogP contribution is -2.57. The highest BCUT2D eigenvalue weighted by Crippen LogP contribution is 2.31. The molecule has 3 aliphatic heterocycles. The van der Waals surface area contributed by atoms with Crippen molar-refractivity contribution in [3.8, 4) is 0 Å². The Morgan fingerprint density at radius 2 is 2.00 bits per heavy atom. The summed E-state index contributed by atoms with van der Waals surface area (Å²) in [4.78, 5) is 9.68. The van der Waals surface area contributed by atoms with Gasteiger partial charge in [-0.05, 0) is 50.7 Å². The Balaban J connectivity index is 1.27. The van der Waals surface area contributed by atoms with E-state index in [2.05, 4.69) is 33.8 Å². The molecule has 0 saturated carbocycles. The molecule has 4 rings (SSSR count). The Hall–Kier alpha value is -1.01. The van der Waals surface area contributed by atoms with Crippen molar-refractivity contribution >= 4 is 0 Å². The van der Waals surface area contributed by atoms with E-state index >= 15 is 0 Å². The average Bonchev–Trinajstić information content (AvgIpc) is 2.67. The third-order valence-electron chi connectivity index (χ3n) is 6.19. The minimum atomic E-state index is 0.0596. The van der Waals surface area contributed by atoms with Gasteiger partial charge in [0.15, 0.2) is 0 Å². The lowest BCUT2D eigenvalue weighted by Gasteiger charge is -2.48. The third kappa shape index (κ3) is 4.63. The van der Waals surface area contributed by atoms with Gasteiger partial charge in [-0.25, -0.2) is 0 Å². The molecule has 0 bridgehead atoms. The number of hydrogen-bond donors (Lipinski definition) is 0. The number of morpholine rings is 1. The molecule has 1 atom stereocenters. The summed E-state index contributed by atoms with van der Waals surface area (Å²) in [7, 11) is 0. The number of pyridine rings is 1. The van der Waals surface area contributed by atoms with Crippen LogP contribution in [-0.2, 0) is 16.0 Å². The summed E-state index contributed by atoms with van der Waals surface area (Å²) < 4.78 is 12.3. The van der Waals surface area contributed by atoms with Crippen LogP contribution in [-0.4, -0.2) is 72.4 Å². The zero-order valence-electron chi connectivity index (χ0n) is 16.2. The van der Waals surface area contributed by atoms with Crippen molar-refractivity contribution in [1.82, 2.24) is 14.8 Å². The summed E-state index contributed by atoms with van der Waals surface area (Å²) in [5, 5.41) is 0. The molecular weight excluding hydrogens is 326 g/mol. The normalized spacial score (nSPS) is 27.7. The zero-order chi connectivity index (χ0) is 17.8. The topological polar surface area (TPSA) is 37.8 Å². The summed E-state index contributed by atoms with van der Waals surface area (Å²) in [6.45, 7) is 10.3. The molecule has 26 heavy (non-hydrogen) atoms. The van der Waals surface area contributed by atoms with E-state index in [-0.39, 0.29) is 5.60 Å². The first-order valence-corrected chi connectivity index (χ1v) is 10.3. The van der Waals surface area contributed by atoms with Gasteiger partial charge in [-0.1, -0.05) is 6.07 Å². The Bertz CT molecular complexity index is 563. The molecule has 5 nitrogen and oxygen atoms in total. The Morgan fingerprint density at radius 1 is 1.12 bits per heavy atom.